The molecule has 100 valence electrons. The van der Waals surface area contributed by atoms with E-state index < -0.39 is 6.10 Å². The maximum absolute atomic E-state index is 13.0. The Bertz CT molecular complexity index is 697. The van der Waals surface area contributed by atoms with E-state index >= 15 is 0 Å². The maximum Gasteiger partial charge on any atom is 0.123 e. The number of aromatic nitrogens is 4. The molecule has 0 fully saturated rings. The van der Waals surface area contributed by atoms with Gasteiger partial charge in [0.1, 0.15) is 18.2 Å². The van der Waals surface area contributed by atoms with E-state index in [0.717, 1.165) is 5.56 Å². The van der Waals surface area contributed by atoms with Crippen molar-refractivity contribution >= 4 is 0 Å². The molecule has 2 N–H and O–H groups in total. The summed E-state index contributed by atoms with van der Waals surface area (Å²) in [5.41, 5.74) is 2.54. The lowest BCUT2D eigenvalue weighted by atomic mass is 10.0. The first-order valence-corrected chi connectivity index (χ1v) is 5.98. The Kier molecular flexibility index (Phi) is 3.22. The van der Waals surface area contributed by atoms with Crippen LogP contribution in [0.25, 0.3) is 11.3 Å². The zero-order chi connectivity index (χ0) is 13.9. The number of hydrogen-bond acceptors (Lipinski definition) is 4. The van der Waals surface area contributed by atoms with Crippen molar-refractivity contribution in [2.45, 2.75) is 6.10 Å². The van der Waals surface area contributed by atoms with Gasteiger partial charge in [-0.25, -0.2) is 14.4 Å². The number of rotatable bonds is 3. The van der Waals surface area contributed by atoms with Gasteiger partial charge in [-0.1, -0.05) is 0 Å². The van der Waals surface area contributed by atoms with Crippen molar-refractivity contribution < 1.29 is 9.50 Å². The van der Waals surface area contributed by atoms with Crippen LogP contribution < -0.4 is 0 Å². The molecule has 6 heteroatoms. The number of nitrogens with zero attached hydrogens (tertiary/aromatic N) is 3. The smallest absolute Gasteiger partial charge is 0.123 e. The van der Waals surface area contributed by atoms with Crippen molar-refractivity contribution in [1.82, 2.24) is 20.2 Å². The third-order valence-corrected chi connectivity index (χ3v) is 2.99. The molecular formula is C14H11FN4O. The zero-order valence-corrected chi connectivity index (χ0v) is 10.4. The largest absolute Gasteiger partial charge is 0.383 e. The predicted octanol–water partition coefficient (Wildman–Crippen LogP) is 2.09. The highest BCUT2D eigenvalue weighted by Crippen LogP contribution is 2.29. The molecule has 1 atom stereocenters. The van der Waals surface area contributed by atoms with E-state index in [-0.39, 0.29) is 5.82 Å². The van der Waals surface area contributed by atoms with E-state index in [9.17, 15) is 9.50 Å². The average molecular weight is 270 g/mol. The number of halogens is 1. The first-order valence-electron chi connectivity index (χ1n) is 5.98. The van der Waals surface area contributed by atoms with Crippen LogP contribution in [0.3, 0.4) is 0 Å². The zero-order valence-electron chi connectivity index (χ0n) is 10.4. The molecule has 2 heterocycles. The summed E-state index contributed by atoms with van der Waals surface area (Å²) in [5, 5.41) is 17.1. The van der Waals surface area contributed by atoms with Crippen LogP contribution in [-0.4, -0.2) is 25.3 Å². The monoisotopic (exact) mass is 270 g/mol. The fraction of sp³-hybridized carbons (Fsp3) is 0.0714. The Balaban J connectivity index is 2.00. The highest BCUT2D eigenvalue weighted by molar-refractivity contribution is 5.63. The summed E-state index contributed by atoms with van der Waals surface area (Å²) in [6.45, 7) is 0. The minimum Gasteiger partial charge on any atom is -0.383 e. The Morgan fingerprint density at radius 3 is 2.45 bits per heavy atom. The van der Waals surface area contributed by atoms with Crippen LogP contribution in [0.2, 0.25) is 0 Å². The second kappa shape index (κ2) is 5.18. The molecule has 0 aliphatic heterocycles. The van der Waals surface area contributed by atoms with Crippen LogP contribution in [-0.2, 0) is 0 Å². The van der Waals surface area contributed by atoms with Crippen LogP contribution in [0.1, 0.15) is 17.2 Å². The summed E-state index contributed by atoms with van der Waals surface area (Å²) >= 11 is 0. The van der Waals surface area contributed by atoms with Gasteiger partial charge in [0.2, 0.25) is 0 Å². The van der Waals surface area contributed by atoms with Crippen molar-refractivity contribution in [3.63, 3.8) is 0 Å². The molecule has 0 bridgehead atoms. The fourth-order valence-corrected chi connectivity index (χ4v) is 1.98. The van der Waals surface area contributed by atoms with Crippen LogP contribution in [0.5, 0.6) is 0 Å². The third kappa shape index (κ3) is 2.28. The van der Waals surface area contributed by atoms with Gasteiger partial charge in [0.15, 0.2) is 0 Å². The second-order valence-corrected chi connectivity index (χ2v) is 4.28. The molecule has 0 saturated carbocycles. The van der Waals surface area contributed by atoms with Crippen molar-refractivity contribution in [3.8, 4) is 11.3 Å². The number of aliphatic hydroxyl groups excluding tert-OH is 1. The van der Waals surface area contributed by atoms with Crippen molar-refractivity contribution in [2.24, 2.45) is 0 Å². The van der Waals surface area contributed by atoms with E-state index in [1.54, 1.807) is 24.5 Å². The van der Waals surface area contributed by atoms with E-state index in [1.165, 1.54) is 24.7 Å². The lowest BCUT2D eigenvalue weighted by molar-refractivity contribution is 0.220. The van der Waals surface area contributed by atoms with E-state index in [4.69, 9.17) is 0 Å². The van der Waals surface area contributed by atoms with Crippen molar-refractivity contribution in [2.75, 3.05) is 0 Å². The molecule has 0 saturated heterocycles. The number of hydrogen-bond donors (Lipinski definition) is 2. The summed E-state index contributed by atoms with van der Waals surface area (Å²) in [6.07, 6.45) is 5.12. The molecule has 1 unspecified atom stereocenters. The van der Waals surface area contributed by atoms with Gasteiger partial charge in [0.25, 0.3) is 0 Å². The summed E-state index contributed by atoms with van der Waals surface area (Å²) in [4.78, 5) is 7.76. The molecule has 0 aliphatic carbocycles. The second-order valence-electron chi connectivity index (χ2n) is 4.28. The average Bonchev–Trinajstić information content (AvgIpc) is 2.97. The SMILES string of the molecule is OC(c1cncnc1)c1cn[nH]c1-c1ccc(F)cc1. The number of nitrogens with one attached hydrogen (secondary N) is 1. The number of aromatic amines is 1. The first kappa shape index (κ1) is 12.4. The molecule has 0 spiro atoms. The first-order chi connectivity index (χ1) is 9.75. The Labute approximate surface area is 114 Å². The lowest BCUT2D eigenvalue weighted by Gasteiger charge is -2.10. The summed E-state index contributed by atoms with van der Waals surface area (Å²) in [5.74, 6) is -0.313. The predicted molar refractivity (Wildman–Crippen MR) is 70.1 cm³/mol. The molecule has 20 heavy (non-hydrogen) atoms. The van der Waals surface area contributed by atoms with Crippen LogP contribution in [0.15, 0.2) is 49.2 Å². The van der Waals surface area contributed by atoms with Crippen LogP contribution in [0, 0.1) is 5.82 Å². The van der Waals surface area contributed by atoms with Crippen molar-refractivity contribution in [1.29, 1.82) is 0 Å². The fourth-order valence-electron chi connectivity index (χ4n) is 1.98. The van der Waals surface area contributed by atoms with Gasteiger partial charge in [0.05, 0.1) is 11.9 Å². The molecule has 3 aromatic rings. The van der Waals surface area contributed by atoms with E-state index in [1.807, 2.05) is 0 Å². The maximum atomic E-state index is 13.0. The summed E-state index contributed by atoms with van der Waals surface area (Å²) in [7, 11) is 0. The van der Waals surface area contributed by atoms with Gasteiger partial charge in [0, 0.05) is 29.1 Å². The molecule has 0 aliphatic rings. The van der Waals surface area contributed by atoms with Crippen LogP contribution >= 0.6 is 0 Å². The molecule has 0 radical (unpaired) electrons. The van der Waals surface area contributed by atoms with Crippen LogP contribution in [0.4, 0.5) is 4.39 Å². The number of H-pyrrole nitrogens is 1. The standard InChI is InChI=1S/C14H11FN4O/c15-11-3-1-9(2-4-11)13-12(7-18-19-13)14(20)10-5-16-8-17-6-10/h1-8,14,20H,(H,18,19). The minimum atomic E-state index is -0.894. The molecule has 0 amide bonds. The van der Waals surface area contributed by atoms with E-state index in [2.05, 4.69) is 20.2 Å². The lowest BCUT2D eigenvalue weighted by Crippen LogP contribution is -2.01. The molecule has 1 aromatic carbocycles. The molecule has 5 nitrogen and oxygen atoms in total. The van der Waals surface area contributed by atoms with Gasteiger partial charge in [-0.2, -0.15) is 5.10 Å². The quantitative estimate of drug-likeness (QED) is 0.764. The van der Waals surface area contributed by atoms with Gasteiger partial charge >= 0.3 is 0 Å². The van der Waals surface area contributed by atoms with Gasteiger partial charge in [-0.15, -0.1) is 0 Å². The van der Waals surface area contributed by atoms with Crippen molar-refractivity contribution in [3.05, 3.63) is 66.1 Å². The number of benzene rings is 1. The Hall–Kier alpha value is -2.60. The number of aliphatic hydroxyl groups is 1. The highest BCUT2D eigenvalue weighted by Gasteiger charge is 2.18. The topological polar surface area (TPSA) is 74.7 Å². The minimum absolute atomic E-state index is 0.313. The summed E-state index contributed by atoms with van der Waals surface area (Å²) < 4.78 is 13.0. The molecule has 2 aromatic heterocycles. The Morgan fingerprint density at radius 2 is 1.75 bits per heavy atom. The third-order valence-electron chi connectivity index (χ3n) is 2.99. The van der Waals surface area contributed by atoms with Gasteiger partial charge in [-0.3, -0.25) is 5.10 Å². The molecular weight excluding hydrogens is 259 g/mol. The van der Waals surface area contributed by atoms with Gasteiger partial charge < -0.3 is 5.11 Å². The van der Waals surface area contributed by atoms with Gasteiger partial charge in [-0.05, 0) is 24.3 Å². The molecule has 3 rings (SSSR count). The Morgan fingerprint density at radius 1 is 1.05 bits per heavy atom. The van der Waals surface area contributed by atoms with E-state index in [0.29, 0.717) is 16.8 Å². The highest BCUT2D eigenvalue weighted by atomic mass is 19.1. The summed E-state index contributed by atoms with van der Waals surface area (Å²) in [6, 6.07) is 5.97. The normalized spacial score (nSPS) is 12.3.